The van der Waals surface area contributed by atoms with Gasteiger partial charge in [0.15, 0.2) is 5.96 Å². The van der Waals surface area contributed by atoms with E-state index in [2.05, 4.69) is 34.5 Å². The van der Waals surface area contributed by atoms with Crippen LogP contribution in [-0.4, -0.2) is 41.3 Å². The number of aromatic nitrogens is 1. The van der Waals surface area contributed by atoms with Crippen LogP contribution < -0.4 is 10.6 Å². The van der Waals surface area contributed by atoms with Crippen molar-refractivity contribution in [1.82, 2.24) is 15.6 Å². The zero-order valence-corrected chi connectivity index (χ0v) is 16.5. The minimum atomic E-state index is -0.115. The molecule has 1 aromatic heterocycles. The molecule has 7 heteroatoms. The molecular weight excluding hydrogens is 411 g/mol. The highest BCUT2D eigenvalue weighted by molar-refractivity contribution is 14.0. The van der Waals surface area contributed by atoms with Crippen LogP contribution in [0.1, 0.15) is 42.5 Å². The Morgan fingerprint density at radius 2 is 2.14 bits per heavy atom. The number of hydrogen-bond donors (Lipinski definition) is 3. The predicted octanol–water partition coefficient (Wildman–Crippen LogP) is 2.47. The van der Waals surface area contributed by atoms with Crippen molar-refractivity contribution in [3.05, 3.63) is 16.1 Å². The molecule has 1 heterocycles. The highest BCUT2D eigenvalue weighted by Gasteiger charge is 2.19. The summed E-state index contributed by atoms with van der Waals surface area (Å²) in [4.78, 5) is 10.2. The summed E-state index contributed by atoms with van der Waals surface area (Å²) in [7, 11) is 0. The number of hydrogen-bond acceptors (Lipinski definition) is 4. The Labute approximate surface area is 154 Å². The average Bonchev–Trinajstić information content (AvgIpc) is 2.87. The summed E-state index contributed by atoms with van der Waals surface area (Å²) in [6.45, 7) is 5.76. The molecule has 0 saturated heterocycles. The maximum absolute atomic E-state index is 9.55. The lowest BCUT2D eigenvalue weighted by Gasteiger charge is -2.27. The normalized spacial score (nSPS) is 22.0. The van der Waals surface area contributed by atoms with Crippen LogP contribution in [0.4, 0.5) is 0 Å². The number of aliphatic hydroxyl groups is 1. The van der Waals surface area contributed by atoms with E-state index >= 15 is 0 Å². The average molecular weight is 438 g/mol. The number of aryl methyl sites for hydroxylation is 1. The van der Waals surface area contributed by atoms with Crippen molar-refractivity contribution in [2.75, 3.05) is 13.1 Å². The minimum Gasteiger partial charge on any atom is -0.393 e. The largest absolute Gasteiger partial charge is 0.393 e. The van der Waals surface area contributed by atoms with Crippen molar-refractivity contribution in [2.45, 2.75) is 58.1 Å². The Morgan fingerprint density at radius 1 is 1.41 bits per heavy atom. The SMILES string of the molecule is CCNC(=NCCc1ncc(C)s1)NC1CCC(O)CC1.I. The van der Waals surface area contributed by atoms with Crippen LogP contribution in [0, 0.1) is 6.92 Å². The van der Waals surface area contributed by atoms with Gasteiger partial charge in [0.05, 0.1) is 11.1 Å². The molecule has 1 saturated carbocycles. The number of nitrogens with one attached hydrogen (secondary N) is 2. The number of rotatable bonds is 5. The Balaban J connectivity index is 0.00000242. The topological polar surface area (TPSA) is 69.5 Å². The molecule has 0 unspecified atom stereocenters. The molecule has 0 spiro atoms. The van der Waals surface area contributed by atoms with E-state index in [1.165, 1.54) is 4.88 Å². The third kappa shape index (κ3) is 6.78. The van der Waals surface area contributed by atoms with E-state index in [9.17, 15) is 5.11 Å². The summed E-state index contributed by atoms with van der Waals surface area (Å²) in [6, 6.07) is 0.424. The van der Waals surface area contributed by atoms with E-state index in [1.54, 1.807) is 11.3 Å². The van der Waals surface area contributed by atoms with Crippen molar-refractivity contribution in [3.63, 3.8) is 0 Å². The summed E-state index contributed by atoms with van der Waals surface area (Å²) in [5.41, 5.74) is 0. The molecule has 5 nitrogen and oxygen atoms in total. The summed E-state index contributed by atoms with van der Waals surface area (Å²) in [5.74, 6) is 0.882. The monoisotopic (exact) mass is 438 g/mol. The third-order valence-corrected chi connectivity index (χ3v) is 4.62. The molecule has 1 aromatic rings. The molecule has 0 atom stereocenters. The van der Waals surface area contributed by atoms with Gasteiger partial charge in [0, 0.05) is 36.6 Å². The maximum Gasteiger partial charge on any atom is 0.191 e. The second-order valence-corrected chi connectivity index (χ2v) is 6.84. The van der Waals surface area contributed by atoms with Crippen LogP contribution in [0.2, 0.25) is 0 Å². The molecule has 1 aliphatic carbocycles. The molecule has 126 valence electrons. The number of nitrogens with zero attached hydrogens (tertiary/aromatic N) is 2. The van der Waals surface area contributed by atoms with Gasteiger partial charge in [-0.1, -0.05) is 0 Å². The van der Waals surface area contributed by atoms with E-state index < -0.39 is 0 Å². The maximum atomic E-state index is 9.55. The first-order valence-corrected chi connectivity index (χ1v) is 8.63. The van der Waals surface area contributed by atoms with Crippen molar-refractivity contribution < 1.29 is 5.11 Å². The second-order valence-electron chi connectivity index (χ2n) is 5.53. The van der Waals surface area contributed by atoms with Crippen LogP contribution >= 0.6 is 35.3 Å². The van der Waals surface area contributed by atoms with Gasteiger partial charge in [-0.3, -0.25) is 4.99 Å². The highest BCUT2D eigenvalue weighted by atomic mass is 127. The standard InChI is InChI=1S/C15H26N4OS.HI/c1-3-16-15(19-12-4-6-13(20)7-5-12)17-9-8-14-18-10-11(2)21-14;/h10,12-13,20H,3-9H2,1-2H3,(H2,16,17,19);1H. The third-order valence-electron chi connectivity index (χ3n) is 3.65. The van der Waals surface area contributed by atoms with Gasteiger partial charge in [-0.25, -0.2) is 4.98 Å². The highest BCUT2D eigenvalue weighted by Crippen LogP contribution is 2.18. The van der Waals surface area contributed by atoms with Crippen LogP contribution in [0.15, 0.2) is 11.2 Å². The summed E-state index contributed by atoms with van der Waals surface area (Å²) in [6.07, 6.45) is 6.48. The smallest absolute Gasteiger partial charge is 0.191 e. The summed E-state index contributed by atoms with van der Waals surface area (Å²) >= 11 is 1.74. The van der Waals surface area contributed by atoms with Gasteiger partial charge in [-0.15, -0.1) is 35.3 Å². The molecule has 22 heavy (non-hydrogen) atoms. The fraction of sp³-hybridized carbons (Fsp3) is 0.733. The molecule has 0 bridgehead atoms. The Morgan fingerprint density at radius 3 is 2.73 bits per heavy atom. The van der Waals surface area contributed by atoms with Crippen LogP contribution in [0.5, 0.6) is 0 Å². The van der Waals surface area contributed by atoms with Gasteiger partial charge in [-0.05, 0) is 39.5 Å². The summed E-state index contributed by atoms with van der Waals surface area (Å²) in [5, 5.41) is 17.5. The quantitative estimate of drug-likeness (QED) is 0.376. The lowest BCUT2D eigenvalue weighted by molar-refractivity contribution is 0.120. The molecule has 0 amide bonds. The van der Waals surface area contributed by atoms with Crippen molar-refractivity contribution >= 4 is 41.3 Å². The van der Waals surface area contributed by atoms with E-state index in [0.717, 1.165) is 56.2 Å². The van der Waals surface area contributed by atoms with E-state index in [1.807, 2.05) is 6.20 Å². The Bertz CT molecular complexity index is 458. The molecular formula is C15H27IN4OS. The first kappa shape index (κ1) is 19.6. The molecule has 1 fully saturated rings. The first-order chi connectivity index (χ1) is 10.2. The van der Waals surface area contributed by atoms with Crippen molar-refractivity contribution in [2.24, 2.45) is 4.99 Å². The fourth-order valence-corrected chi connectivity index (χ4v) is 3.29. The second kappa shape index (κ2) is 10.4. The lowest BCUT2D eigenvalue weighted by atomic mass is 9.93. The molecule has 0 aliphatic heterocycles. The number of halogens is 1. The van der Waals surface area contributed by atoms with Gasteiger partial charge < -0.3 is 15.7 Å². The van der Waals surface area contributed by atoms with E-state index in [0.29, 0.717) is 6.04 Å². The van der Waals surface area contributed by atoms with Gasteiger partial charge in [0.2, 0.25) is 0 Å². The fourth-order valence-electron chi connectivity index (χ4n) is 2.51. The van der Waals surface area contributed by atoms with E-state index in [4.69, 9.17) is 0 Å². The van der Waals surface area contributed by atoms with Crippen LogP contribution in [0.25, 0.3) is 0 Å². The number of guanidine groups is 1. The number of aliphatic hydroxyl groups excluding tert-OH is 1. The summed E-state index contributed by atoms with van der Waals surface area (Å²) < 4.78 is 0. The zero-order chi connectivity index (χ0) is 15.1. The minimum absolute atomic E-state index is 0. The van der Waals surface area contributed by atoms with Gasteiger partial charge >= 0.3 is 0 Å². The molecule has 2 rings (SSSR count). The first-order valence-electron chi connectivity index (χ1n) is 7.81. The Kier molecular flexibility index (Phi) is 9.27. The number of aliphatic imine (C=N–C) groups is 1. The zero-order valence-electron chi connectivity index (χ0n) is 13.3. The van der Waals surface area contributed by atoms with E-state index in [-0.39, 0.29) is 30.1 Å². The molecule has 3 N–H and O–H groups in total. The van der Waals surface area contributed by atoms with Crippen molar-refractivity contribution in [1.29, 1.82) is 0 Å². The van der Waals surface area contributed by atoms with Crippen LogP contribution in [0.3, 0.4) is 0 Å². The van der Waals surface area contributed by atoms with Gasteiger partial charge in [-0.2, -0.15) is 0 Å². The molecule has 0 aromatic carbocycles. The predicted molar refractivity (Wildman–Crippen MR) is 103 cm³/mol. The van der Waals surface area contributed by atoms with Gasteiger partial charge in [0.25, 0.3) is 0 Å². The van der Waals surface area contributed by atoms with Crippen LogP contribution in [-0.2, 0) is 6.42 Å². The lowest BCUT2D eigenvalue weighted by Crippen LogP contribution is -2.45. The molecule has 1 aliphatic rings. The molecule has 0 radical (unpaired) electrons. The number of thiazole rings is 1. The van der Waals surface area contributed by atoms with Gasteiger partial charge in [0.1, 0.15) is 0 Å². The van der Waals surface area contributed by atoms with Crippen molar-refractivity contribution in [3.8, 4) is 0 Å². The Hall–Kier alpha value is -0.410.